The highest BCUT2D eigenvalue weighted by Gasteiger charge is 2.24. The second-order valence-corrected chi connectivity index (χ2v) is 7.41. The smallest absolute Gasteiger partial charge is 0.255 e. The van der Waals surface area contributed by atoms with Crippen molar-refractivity contribution in [1.82, 2.24) is 9.80 Å². The lowest BCUT2D eigenvalue weighted by Gasteiger charge is -2.28. The van der Waals surface area contributed by atoms with Gasteiger partial charge < -0.3 is 14.5 Å². The first-order valence-electron chi connectivity index (χ1n) is 7.21. The Balaban J connectivity index is 2.13. The molecule has 0 saturated carbocycles. The highest BCUT2D eigenvalue weighted by molar-refractivity contribution is 7.90. The normalized spacial score (nSPS) is 15.3. The van der Waals surface area contributed by atoms with Crippen molar-refractivity contribution < 1.29 is 22.7 Å². The van der Waals surface area contributed by atoms with Gasteiger partial charge in [-0.1, -0.05) is 12.1 Å². The van der Waals surface area contributed by atoms with Crippen LogP contribution in [0.4, 0.5) is 0 Å². The van der Waals surface area contributed by atoms with Gasteiger partial charge in [0.1, 0.15) is 0 Å². The molecule has 0 unspecified atom stereocenters. The number of morpholine rings is 1. The van der Waals surface area contributed by atoms with Crippen LogP contribution >= 0.6 is 0 Å². The average Bonchev–Trinajstić information content (AvgIpc) is 2.54. The number of sulfone groups is 1. The topological polar surface area (TPSA) is 84.0 Å². The van der Waals surface area contributed by atoms with Crippen molar-refractivity contribution in [1.29, 1.82) is 0 Å². The minimum absolute atomic E-state index is 0.0318. The lowest BCUT2D eigenvalue weighted by Crippen LogP contribution is -2.46. The Kier molecular flexibility index (Phi) is 5.38. The summed E-state index contributed by atoms with van der Waals surface area (Å²) in [7, 11) is -2.03. The molecule has 1 aromatic rings. The summed E-state index contributed by atoms with van der Waals surface area (Å²) < 4.78 is 28.8. The van der Waals surface area contributed by atoms with Gasteiger partial charge in [-0.15, -0.1) is 0 Å². The lowest BCUT2D eigenvalue weighted by atomic mass is 10.2. The maximum atomic E-state index is 12.5. The van der Waals surface area contributed by atoms with Gasteiger partial charge in [-0.05, 0) is 12.1 Å². The van der Waals surface area contributed by atoms with Crippen LogP contribution in [0.15, 0.2) is 29.2 Å². The molecule has 0 atom stereocenters. The number of benzene rings is 1. The third-order valence-corrected chi connectivity index (χ3v) is 4.75. The van der Waals surface area contributed by atoms with Crippen molar-refractivity contribution in [2.24, 2.45) is 0 Å². The molecular weight excluding hydrogens is 320 g/mol. The van der Waals surface area contributed by atoms with Crippen LogP contribution in [0.5, 0.6) is 0 Å². The monoisotopic (exact) mass is 340 g/mol. The van der Waals surface area contributed by atoms with Gasteiger partial charge >= 0.3 is 0 Å². The quantitative estimate of drug-likeness (QED) is 0.772. The number of likely N-dealkylation sites (N-methyl/N-ethyl adjacent to an activating group) is 1. The maximum absolute atomic E-state index is 12.5. The highest BCUT2D eigenvalue weighted by atomic mass is 32.2. The molecule has 8 heteroatoms. The fourth-order valence-electron chi connectivity index (χ4n) is 2.36. The number of amides is 2. The zero-order valence-corrected chi connectivity index (χ0v) is 14.0. The molecule has 0 aliphatic carbocycles. The second kappa shape index (κ2) is 7.10. The first-order valence-corrected chi connectivity index (χ1v) is 9.10. The number of nitrogens with zero attached hydrogens (tertiary/aromatic N) is 2. The molecule has 1 aromatic carbocycles. The number of carbonyl (C=O) groups excluding carboxylic acids is 2. The average molecular weight is 340 g/mol. The Morgan fingerprint density at radius 1 is 1.22 bits per heavy atom. The van der Waals surface area contributed by atoms with Crippen molar-refractivity contribution >= 4 is 21.7 Å². The van der Waals surface area contributed by atoms with Gasteiger partial charge in [-0.3, -0.25) is 9.59 Å². The van der Waals surface area contributed by atoms with E-state index in [0.29, 0.717) is 26.3 Å². The van der Waals surface area contributed by atoms with E-state index in [-0.39, 0.29) is 22.9 Å². The number of rotatable bonds is 4. The summed E-state index contributed by atoms with van der Waals surface area (Å²) >= 11 is 0. The van der Waals surface area contributed by atoms with E-state index in [1.54, 1.807) is 17.0 Å². The summed E-state index contributed by atoms with van der Waals surface area (Å²) in [5.74, 6) is -0.673. The molecule has 2 amide bonds. The van der Waals surface area contributed by atoms with Crippen LogP contribution in [0.2, 0.25) is 0 Å². The molecule has 1 heterocycles. The van der Waals surface area contributed by atoms with Gasteiger partial charge in [0.2, 0.25) is 5.91 Å². The third kappa shape index (κ3) is 4.29. The zero-order valence-electron chi connectivity index (χ0n) is 13.2. The van der Waals surface area contributed by atoms with Crippen molar-refractivity contribution in [3.63, 3.8) is 0 Å². The van der Waals surface area contributed by atoms with E-state index in [1.165, 1.54) is 24.1 Å². The molecule has 126 valence electrons. The Hall–Kier alpha value is -1.93. The number of hydrogen-bond donors (Lipinski definition) is 0. The third-order valence-electron chi connectivity index (χ3n) is 3.60. The largest absolute Gasteiger partial charge is 0.378 e. The van der Waals surface area contributed by atoms with Crippen LogP contribution in [0.25, 0.3) is 0 Å². The van der Waals surface area contributed by atoms with Gasteiger partial charge in [0, 0.05) is 26.4 Å². The van der Waals surface area contributed by atoms with E-state index >= 15 is 0 Å². The van der Waals surface area contributed by atoms with E-state index in [4.69, 9.17) is 4.74 Å². The van der Waals surface area contributed by atoms with Crippen LogP contribution in [0.1, 0.15) is 10.4 Å². The van der Waals surface area contributed by atoms with Gasteiger partial charge in [-0.25, -0.2) is 8.42 Å². The minimum Gasteiger partial charge on any atom is -0.378 e. The van der Waals surface area contributed by atoms with Gasteiger partial charge in [-0.2, -0.15) is 0 Å². The summed E-state index contributed by atoms with van der Waals surface area (Å²) in [6.45, 7) is 1.87. The minimum atomic E-state index is -3.52. The van der Waals surface area contributed by atoms with Crippen molar-refractivity contribution in [3.8, 4) is 0 Å². The Bertz CT molecular complexity index is 696. The van der Waals surface area contributed by atoms with Crippen LogP contribution in [-0.2, 0) is 19.4 Å². The SMILES string of the molecule is CN(CC(=O)N1CCOCC1)C(=O)c1ccccc1S(C)(=O)=O. The molecule has 7 nitrogen and oxygen atoms in total. The van der Waals surface area contributed by atoms with E-state index in [1.807, 2.05) is 0 Å². The molecule has 1 saturated heterocycles. The van der Waals surface area contributed by atoms with Crippen molar-refractivity contribution in [2.75, 3.05) is 46.2 Å². The highest BCUT2D eigenvalue weighted by Crippen LogP contribution is 2.17. The molecule has 0 N–H and O–H groups in total. The Morgan fingerprint density at radius 3 is 2.43 bits per heavy atom. The summed E-state index contributed by atoms with van der Waals surface area (Å²) in [5.41, 5.74) is 0.0762. The van der Waals surface area contributed by atoms with E-state index in [9.17, 15) is 18.0 Å². The summed E-state index contributed by atoms with van der Waals surface area (Å²) in [4.78, 5) is 27.5. The fourth-order valence-corrected chi connectivity index (χ4v) is 3.24. The molecule has 0 radical (unpaired) electrons. The van der Waals surface area contributed by atoms with Crippen LogP contribution in [0.3, 0.4) is 0 Å². The number of hydrogen-bond acceptors (Lipinski definition) is 5. The van der Waals surface area contributed by atoms with E-state index < -0.39 is 15.7 Å². The predicted molar refractivity (Wildman–Crippen MR) is 83.9 cm³/mol. The molecule has 0 bridgehead atoms. The van der Waals surface area contributed by atoms with E-state index in [2.05, 4.69) is 0 Å². The van der Waals surface area contributed by atoms with Gasteiger partial charge in [0.25, 0.3) is 5.91 Å². The van der Waals surface area contributed by atoms with Gasteiger partial charge in [0.15, 0.2) is 9.84 Å². The molecule has 23 heavy (non-hydrogen) atoms. The van der Waals surface area contributed by atoms with E-state index in [0.717, 1.165) is 6.26 Å². The lowest BCUT2D eigenvalue weighted by molar-refractivity contribution is -0.135. The van der Waals surface area contributed by atoms with Crippen LogP contribution < -0.4 is 0 Å². The Labute approximate surface area is 135 Å². The molecule has 1 fully saturated rings. The molecule has 1 aliphatic heterocycles. The second-order valence-electron chi connectivity index (χ2n) is 5.42. The molecule has 2 rings (SSSR count). The summed E-state index contributed by atoms with van der Waals surface area (Å²) in [5, 5.41) is 0. The maximum Gasteiger partial charge on any atom is 0.255 e. The first kappa shape index (κ1) is 17.4. The zero-order chi connectivity index (χ0) is 17.0. The fraction of sp³-hybridized carbons (Fsp3) is 0.467. The standard InChI is InChI=1S/C15H20N2O5S/c1-16(11-14(18)17-7-9-22-10-8-17)15(19)12-5-3-4-6-13(12)23(2,20)21/h3-6H,7-11H2,1-2H3. The first-order chi connectivity index (χ1) is 10.8. The Morgan fingerprint density at radius 2 is 1.83 bits per heavy atom. The molecular formula is C15H20N2O5S. The number of ether oxygens (including phenoxy) is 1. The van der Waals surface area contributed by atoms with Gasteiger partial charge in [0.05, 0.1) is 30.2 Å². The predicted octanol–water partition coefficient (Wildman–Crippen LogP) is 0.0209. The molecule has 0 spiro atoms. The number of carbonyl (C=O) groups is 2. The molecule has 0 aromatic heterocycles. The molecule has 1 aliphatic rings. The summed E-state index contributed by atoms with van der Waals surface area (Å²) in [6, 6.07) is 6.00. The van der Waals surface area contributed by atoms with Crippen LogP contribution in [0, 0.1) is 0 Å². The van der Waals surface area contributed by atoms with Crippen LogP contribution in [-0.4, -0.2) is 76.2 Å². The summed E-state index contributed by atoms with van der Waals surface area (Å²) in [6.07, 6.45) is 1.05. The van der Waals surface area contributed by atoms with Crippen molar-refractivity contribution in [2.45, 2.75) is 4.90 Å². The van der Waals surface area contributed by atoms with Crippen molar-refractivity contribution in [3.05, 3.63) is 29.8 Å².